The Bertz CT molecular complexity index is 1580. The predicted molar refractivity (Wildman–Crippen MR) is 155 cm³/mol. The smallest absolute Gasteiger partial charge is 0.321 e. The number of ketones is 1. The molecule has 0 aliphatic carbocycles. The topological polar surface area (TPSA) is 100 Å². The molecule has 0 saturated carbocycles. The van der Waals surface area contributed by atoms with E-state index in [0.717, 1.165) is 11.1 Å². The number of hydrogen-bond acceptors (Lipinski definition) is 5. The van der Waals surface area contributed by atoms with Gasteiger partial charge in [0.25, 0.3) is 5.91 Å². The van der Waals surface area contributed by atoms with Crippen molar-refractivity contribution >= 4 is 34.8 Å². The van der Waals surface area contributed by atoms with E-state index in [1.54, 1.807) is 49.6 Å². The lowest BCUT2D eigenvalue weighted by atomic mass is 10.00. The van der Waals surface area contributed by atoms with Crippen LogP contribution in [0.2, 0.25) is 0 Å². The molecule has 5 rings (SSSR count). The van der Waals surface area contributed by atoms with Crippen LogP contribution in [0.5, 0.6) is 5.75 Å². The first-order valence-corrected chi connectivity index (χ1v) is 12.8. The highest BCUT2D eigenvalue weighted by Gasteiger charge is 2.34. The van der Waals surface area contributed by atoms with Crippen LogP contribution in [0.4, 0.5) is 16.2 Å². The number of methoxy groups -OCH3 is 1. The summed E-state index contributed by atoms with van der Waals surface area (Å²) in [6, 6.07) is 30.2. The van der Waals surface area contributed by atoms with Gasteiger partial charge in [0.05, 0.1) is 25.1 Å². The number of carbonyl (C=O) groups is 3. The van der Waals surface area contributed by atoms with Gasteiger partial charge in [0.15, 0.2) is 5.78 Å². The van der Waals surface area contributed by atoms with Crippen molar-refractivity contribution in [2.24, 2.45) is 4.99 Å². The number of ether oxygens (including phenoxy) is 1. The number of rotatable bonds is 7. The van der Waals surface area contributed by atoms with Crippen LogP contribution in [0, 0.1) is 6.92 Å². The molecule has 1 aliphatic heterocycles. The zero-order valence-electron chi connectivity index (χ0n) is 22.1. The molecule has 0 aromatic heterocycles. The molecule has 0 fully saturated rings. The number of fused-ring (bicyclic) bond motifs is 1. The van der Waals surface area contributed by atoms with Crippen LogP contribution in [-0.2, 0) is 4.79 Å². The van der Waals surface area contributed by atoms with E-state index in [1.807, 2.05) is 67.6 Å². The van der Waals surface area contributed by atoms with Gasteiger partial charge >= 0.3 is 6.03 Å². The summed E-state index contributed by atoms with van der Waals surface area (Å²) in [4.78, 5) is 46.5. The van der Waals surface area contributed by atoms with Gasteiger partial charge in [-0.2, -0.15) is 0 Å². The monoisotopic (exact) mass is 532 g/mol. The van der Waals surface area contributed by atoms with Gasteiger partial charge in [-0.05, 0) is 55.0 Å². The third-order valence-electron chi connectivity index (χ3n) is 6.51. The fraction of sp³-hybridized carbons (Fsp3) is 0.125. The van der Waals surface area contributed by atoms with Crippen LogP contribution in [0.3, 0.4) is 0 Å². The summed E-state index contributed by atoms with van der Waals surface area (Å²) in [5, 5.41) is 5.48. The Labute approximate surface area is 232 Å². The number of nitrogens with one attached hydrogen (secondary N) is 2. The van der Waals surface area contributed by atoms with Crippen molar-refractivity contribution in [1.82, 2.24) is 5.32 Å². The molecule has 1 heterocycles. The van der Waals surface area contributed by atoms with Gasteiger partial charge in [0.2, 0.25) is 6.17 Å². The molecule has 4 aromatic carbocycles. The van der Waals surface area contributed by atoms with Gasteiger partial charge in [-0.25, -0.2) is 9.79 Å². The van der Waals surface area contributed by atoms with Crippen molar-refractivity contribution in [3.63, 3.8) is 0 Å². The zero-order valence-corrected chi connectivity index (χ0v) is 22.1. The summed E-state index contributed by atoms with van der Waals surface area (Å²) in [7, 11) is 1.55. The van der Waals surface area contributed by atoms with E-state index in [-0.39, 0.29) is 12.3 Å². The second kappa shape index (κ2) is 11.7. The number of amides is 3. The van der Waals surface area contributed by atoms with E-state index in [2.05, 4.69) is 10.6 Å². The first-order valence-electron chi connectivity index (χ1n) is 12.8. The first-order chi connectivity index (χ1) is 19.4. The maximum atomic E-state index is 14.0. The number of Topliss-reactive ketones (excluding diaryl/α,β-unsaturated/α-hetero) is 1. The normalized spacial score (nSPS) is 14.4. The van der Waals surface area contributed by atoms with Gasteiger partial charge < -0.3 is 20.3 Å². The minimum Gasteiger partial charge on any atom is -0.497 e. The lowest BCUT2D eigenvalue weighted by Crippen LogP contribution is -2.49. The maximum absolute atomic E-state index is 14.0. The molecule has 0 saturated heterocycles. The average molecular weight is 533 g/mol. The molecule has 3 amide bonds. The summed E-state index contributed by atoms with van der Waals surface area (Å²) in [5.74, 6) is -0.172. The van der Waals surface area contributed by atoms with E-state index < -0.39 is 18.1 Å². The fourth-order valence-electron chi connectivity index (χ4n) is 4.54. The quantitative estimate of drug-likeness (QED) is 0.319. The van der Waals surface area contributed by atoms with Gasteiger partial charge in [-0.1, -0.05) is 60.7 Å². The van der Waals surface area contributed by atoms with Crippen molar-refractivity contribution in [1.29, 1.82) is 0 Å². The first kappa shape index (κ1) is 26.4. The average Bonchev–Trinajstić information content (AvgIpc) is 3.08. The summed E-state index contributed by atoms with van der Waals surface area (Å²) < 4.78 is 5.20. The van der Waals surface area contributed by atoms with Crippen molar-refractivity contribution in [3.05, 3.63) is 125 Å². The van der Waals surface area contributed by atoms with E-state index in [9.17, 15) is 14.4 Å². The summed E-state index contributed by atoms with van der Waals surface area (Å²) >= 11 is 0. The number of anilines is 2. The minimum atomic E-state index is -1.28. The summed E-state index contributed by atoms with van der Waals surface area (Å²) in [6.07, 6.45) is -1.28. The number of benzene rings is 4. The Morgan fingerprint density at radius 1 is 0.900 bits per heavy atom. The van der Waals surface area contributed by atoms with Crippen molar-refractivity contribution in [2.45, 2.75) is 13.1 Å². The SMILES string of the molecule is COc1ccc(C(=O)CN2C(=O)C(NC(=O)Nc3cccc(C)c3)N=C(c3ccccc3)c3ccccc32)cc1. The molecule has 1 aliphatic rings. The molecule has 4 aromatic rings. The van der Waals surface area contributed by atoms with Gasteiger partial charge in [0, 0.05) is 22.4 Å². The van der Waals surface area contributed by atoms with Crippen molar-refractivity contribution in [3.8, 4) is 5.75 Å². The number of urea groups is 1. The third kappa shape index (κ3) is 5.76. The molecule has 1 unspecified atom stereocenters. The minimum absolute atomic E-state index is 0.239. The van der Waals surface area contributed by atoms with Gasteiger partial charge in [0.1, 0.15) is 5.75 Å². The fourth-order valence-corrected chi connectivity index (χ4v) is 4.54. The molecule has 200 valence electrons. The number of aryl methyl sites for hydroxylation is 1. The summed E-state index contributed by atoms with van der Waals surface area (Å²) in [6.45, 7) is 1.68. The molecule has 2 N–H and O–H groups in total. The van der Waals surface area contributed by atoms with Crippen LogP contribution < -0.4 is 20.3 Å². The van der Waals surface area contributed by atoms with Crippen molar-refractivity contribution in [2.75, 3.05) is 23.9 Å². The Kier molecular flexibility index (Phi) is 7.68. The van der Waals surface area contributed by atoms with Gasteiger partial charge in [-0.15, -0.1) is 0 Å². The highest BCUT2D eigenvalue weighted by atomic mass is 16.5. The lowest BCUT2D eigenvalue weighted by molar-refractivity contribution is -0.120. The molecule has 8 heteroatoms. The van der Waals surface area contributed by atoms with E-state index in [4.69, 9.17) is 9.73 Å². The molecule has 0 spiro atoms. The lowest BCUT2D eigenvalue weighted by Gasteiger charge is -2.25. The molecule has 0 bridgehead atoms. The van der Waals surface area contributed by atoms with E-state index >= 15 is 0 Å². The Balaban J connectivity index is 1.52. The number of carbonyl (C=O) groups excluding carboxylic acids is 3. The largest absolute Gasteiger partial charge is 0.497 e. The van der Waals surface area contributed by atoms with Crippen LogP contribution in [0.15, 0.2) is 108 Å². The molecular formula is C32H28N4O4. The van der Waals surface area contributed by atoms with E-state index in [1.165, 1.54) is 4.90 Å². The van der Waals surface area contributed by atoms with Crippen LogP contribution in [-0.4, -0.2) is 43.3 Å². The Morgan fingerprint density at radius 3 is 2.35 bits per heavy atom. The second-order valence-electron chi connectivity index (χ2n) is 9.31. The highest BCUT2D eigenvalue weighted by Crippen LogP contribution is 2.29. The van der Waals surface area contributed by atoms with Crippen molar-refractivity contribution < 1.29 is 19.1 Å². The highest BCUT2D eigenvalue weighted by molar-refractivity contribution is 6.21. The van der Waals surface area contributed by atoms with Crippen LogP contribution >= 0.6 is 0 Å². The predicted octanol–water partition coefficient (Wildman–Crippen LogP) is 5.22. The van der Waals surface area contributed by atoms with Crippen LogP contribution in [0.1, 0.15) is 27.0 Å². The Morgan fingerprint density at radius 2 is 1.62 bits per heavy atom. The molecule has 1 atom stereocenters. The number of nitrogens with zero attached hydrogens (tertiary/aromatic N) is 2. The number of hydrogen-bond donors (Lipinski definition) is 2. The molecule has 40 heavy (non-hydrogen) atoms. The second-order valence-corrected chi connectivity index (χ2v) is 9.31. The standard InChI is InChI=1S/C32H28N4O4/c1-21-9-8-12-24(19-21)33-32(39)35-30-31(38)36(20-28(37)22-15-17-25(40-2)18-16-22)27-14-7-6-13-26(27)29(34-30)23-10-4-3-5-11-23/h3-19,30H,20H2,1-2H3,(H2,33,35,39). The number of aliphatic imine (C=N–C) groups is 1. The Hall–Kier alpha value is -5.24. The number of benzodiazepines with no additional fused rings is 1. The third-order valence-corrected chi connectivity index (χ3v) is 6.51. The zero-order chi connectivity index (χ0) is 28.1. The van der Waals surface area contributed by atoms with Crippen LogP contribution in [0.25, 0.3) is 0 Å². The summed E-state index contributed by atoms with van der Waals surface area (Å²) in [5.41, 5.74) is 4.50. The molecular weight excluding hydrogens is 504 g/mol. The molecule has 8 nitrogen and oxygen atoms in total. The van der Waals surface area contributed by atoms with Gasteiger partial charge in [-0.3, -0.25) is 9.59 Å². The number of para-hydroxylation sites is 1. The molecule has 0 radical (unpaired) electrons. The maximum Gasteiger partial charge on any atom is 0.321 e. The van der Waals surface area contributed by atoms with E-state index in [0.29, 0.717) is 34.0 Å².